The van der Waals surface area contributed by atoms with Gasteiger partial charge in [0.25, 0.3) is 0 Å². The average molecular weight is 284 g/mol. The molecule has 1 aliphatic rings. The summed E-state index contributed by atoms with van der Waals surface area (Å²) in [5.41, 5.74) is 2.39. The van der Waals surface area contributed by atoms with Gasteiger partial charge >= 0.3 is 0 Å². The first-order valence-corrected chi connectivity index (χ1v) is 7.37. The van der Waals surface area contributed by atoms with E-state index in [1.54, 1.807) is 6.26 Å². The van der Waals surface area contributed by atoms with Crippen molar-refractivity contribution in [2.45, 2.75) is 31.7 Å². The topological polar surface area (TPSA) is 54.3 Å². The summed E-state index contributed by atoms with van der Waals surface area (Å²) in [7, 11) is 0. The van der Waals surface area contributed by atoms with E-state index >= 15 is 0 Å². The van der Waals surface area contributed by atoms with Crippen LogP contribution < -0.4 is 10.6 Å². The molecule has 110 valence electrons. The number of hydrogen-bond acceptors (Lipinski definition) is 3. The van der Waals surface area contributed by atoms with Crippen molar-refractivity contribution in [3.05, 3.63) is 54.0 Å². The molecule has 2 unspecified atom stereocenters. The molecule has 0 spiro atoms. The van der Waals surface area contributed by atoms with Crippen molar-refractivity contribution >= 4 is 11.6 Å². The quantitative estimate of drug-likeness (QED) is 0.887. The second-order valence-electron chi connectivity index (χ2n) is 5.62. The standard InChI is InChI=1S/C17H20N2O2/c1-12(9-14-5-4-8-21-14)19-17(20)10-13-11-18-16-7-3-2-6-15(13)16/h2-8,12-13,18H,9-11H2,1H3,(H,19,20). The molecule has 2 heterocycles. The summed E-state index contributed by atoms with van der Waals surface area (Å²) in [6.07, 6.45) is 2.90. The molecule has 1 aromatic heterocycles. The normalized spacial score (nSPS) is 17.9. The molecule has 1 aromatic carbocycles. The molecule has 4 nitrogen and oxygen atoms in total. The highest BCUT2D eigenvalue weighted by Gasteiger charge is 2.24. The molecule has 0 saturated heterocycles. The highest BCUT2D eigenvalue weighted by Crippen LogP contribution is 2.33. The molecule has 0 aliphatic carbocycles. The molecular formula is C17H20N2O2. The van der Waals surface area contributed by atoms with Crippen LogP contribution in [0.25, 0.3) is 0 Å². The summed E-state index contributed by atoms with van der Waals surface area (Å²) in [6, 6.07) is 12.1. The SMILES string of the molecule is CC(Cc1ccco1)NC(=O)CC1CNc2ccccc21. The van der Waals surface area contributed by atoms with Gasteiger partial charge in [-0.3, -0.25) is 4.79 Å². The molecule has 3 rings (SSSR count). The van der Waals surface area contributed by atoms with E-state index < -0.39 is 0 Å². The van der Waals surface area contributed by atoms with Crippen LogP contribution in [0.4, 0.5) is 5.69 Å². The Morgan fingerprint density at radius 1 is 1.38 bits per heavy atom. The van der Waals surface area contributed by atoms with Crippen LogP contribution in [0.5, 0.6) is 0 Å². The van der Waals surface area contributed by atoms with Crippen molar-refractivity contribution in [2.24, 2.45) is 0 Å². The van der Waals surface area contributed by atoms with E-state index in [0.717, 1.165) is 24.4 Å². The Morgan fingerprint density at radius 2 is 2.24 bits per heavy atom. The number of carbonyl (C=O) groups is 1. The fraction of sp³-hybridized carbons (Fsp3) is 0.353. The number of rotatable bonds is 5. The monoisotopic (exact) mass is 284 g/mol. The van der Waals surface area contributed by atoms with E-state index in [2.05, 4.69) is 22.8 Å². The Morgan fingerprint density at radius 3 is 3.05 bits per heavy atom. The minimum absolute atomic E-state index is 0.0771. The number of para-hydroxylation sites is 1. The number of nitrogens with one attached hydrogen (secondary N) is 2. The van der Waals surface area contributed by atoms with Crippen LogP contribution in [0.1, 0.15) is 30.6 Å². The third-order valence-corrected chi connectivity index (χ3v) is 3.87. The van der Waals surface area contributed by atoms with Crippen molar-refractivity contribution in [1.82, 2.24) is 5.32 Å². The molecule has 1 amide bonds. The minimum Gasteiger partial charge on any atom is -0.469 e. The summed E-state index contributed by atoms with van der Waals surface area (Å²) in [4.78, 5) is 12.2. The first-order valence-electron chi connectivity index (χ1n) is 7.37. The van der Waals surface area contributed by atoms with Crippen molar-refractivity contribution < 1.29 is 9.21 Å². The van der Waals surface area contributed by atoms with Crippen molar-refractivity contribution in [3.8, 4) is 0 Å². The van der Waals surface area contributed by atoms with Crippen LogP contribution in [-0.2, 0) is 11.2 Å². The Labute approximate surface area is 124 Å². The number of amides is 1. The molecule has 2 aromatic rings. The summed E-state index contributed by atoms with van der Waals surface area (Å²) in [6.45, 7) is 2.83. The lowest BCUT2D eigenvalue weighted by Crippen LogP contribution is -2.35. The van der Waals surface area contributed by atoms with Crippen LogP contribution in [0.15, 0.2) is 47.1 Å². The van der Waals surface area contributed by atoms with Crippen molar-refractivity contribution in [3.63, 3.8) is 0 Å². The predicted octanol–water partition coefficient (Wildman–Crippen LogP) is 2.93. The number of anilines is 1. The average Bonchev–Trinajstić information content (AvgIpc) is 3.09. The Bertz CT molecular complexity index is 607. The van der Waals surface area contributed by atoms with Gasteiger partial charge in [-0.05, 0) is 30.7 Å². The van der Waals surface area contributed by atoms with Gasteiger partial charge in [-0.15, -0.1) is 0 Å². The fourth-order valence-corrected chi connectivity index (χ4v) is 2.88. The van der Waals surface area contributed by atoms with Gasteiger partial charge in [-0.1, -0.05) is 18.2 Å². The Hall–Kier alpha value is -2.23. The van der Waals surface area contributed by atoms with Gasteiger partial charge in [0.1, 0.15) is 5.76 Å². The highest BCUT2D eigenvalue weighted by molar-refractivity contribution is 5.78. The molecule has 0 radical (unpaired) electrons. The van der Waals surface area contributed by atoms with Gasteiger partial charge in [0.05, 0.1) is 6.26 Å². The molecule has 1 aliphatic heterocycles. The summed E-state index contributed by atoms with van der Waals surface area (Å²) >= 11 is 0. The third-order valence-electron chi connectivity index (χ3n) is 3.87. The Kier molecular flexibility index (Phi) is 3.95. The van der Waals surface area contributed by atoms with Crippen molar-refractivity contribution in [1.29, 1.82) is 0 Å². The van der Waals surface area contributed by atoms with E-state index in [9.17, 15) is 4.79 Å². The number of furan rings is 1. The summed E-state index contributed by atoms with van der Waals surface area (Å²) < 4.78 is 5.30. The zero-order chi connectivity index (χ0) is 14.7. The van der Waals surface area contributed by atoms with E-state index in [1.165, 1.54) is 5.56 Å². The van der Waals surface area contributed by atoms with E-state index in [4.69, 9.17) is 4.42 Å². The van der Waals surface area contributed by atoms with Gasteiger partial charge in [-0.25, -0.2) is 0 Å². The van der Waals surface area contributed by atoms with Crippen LogP contribution in [0, 0.1) is 0 Å². The van der Waals surface area contributed by atoms with E-state index in [1.807, 2.05) is 31.2 Å². The van der Waals surface area contributed by atoms with Gasteiger partial charge in [0.15, 0.2) is 0 Å². The van der Waals surface area contributed by atoms with Crippen molar-refractivity contribution in [2.75, 3.05) is 11.9 Å². The van der Waals surface area contributed by atoms with E-state index in [-0.39, 0.29) is 17.9 Å². The predicted molar refractivity (Wildman–Crippen MR) is 82.3 cm³/mol. The maximum Gasteiger partial charge on any atom is 0.220 e. The molecule has 4 heteroatoms. The largest absolute Gasteiger partial charge is 0.469 e. The first-order chi connectivity index (χ1) is 10.2. The molecule has 0 bridgehead atoms. The van der Waals surface area contributed by atoms with Gasteiger partial charge in [0.2, 0.25) is 5.91 Å². The molecule has 2 N–H and O–H groups in total. The lowest BCUT2D eigenvalue weighted by Gasteiger charge is -2.15. The fourth-order valence-electron chi connectivity index (χ4n) is 2.88. The first kappa shape index (κ1) is 13.7. The zero-order valence-electron chi connectivity index (χ0n) is 12.1. The second-order valence-corrected chi connectivity index (χ2v) is 5.62. The number of hydrogen-bond donors (Lipinski definition) is 2. The van der Waals surface area contributed by atoms with Gasteiger partial charge in [0, 0.05) is 37.0 Å². The van der Waals surface area contributed by atoms with Gasteiger partial charge in [-0.2, -0.15) is 0 Å². The molecular weight excluding hydrogens is 264 g/mol. The van der Waals surface area contributed by atoms with Crippen LogP contribution >= 0.6 is 0 Å². The van der Waals surface area contributed by atoms with E-state index in [0.29, 0.717) is 6.42 Å². The molecule has 0 saturated carbocycles. The molecule has 0 fully saturated rings. The summed E-state index contributed by atoms with van der Waals surface area (Å²) in [5, 5.41) is 6.40. The Balaban J connectivity index is 1.53. The van der Waals surface area contributed by atoms with Crippen LogP contribution in [0.2, 0.25) is 0 Å². The number of fused-ring (bicyclic) bond motifs is 1. The van der Waals surface area contributed by atoms with Crippen LogP contribution in [-0.4, -0.2) is 18.5 Å². The number of carbonyl (C=O) groups excluding carboxylic acids is 1. The lowest BCUT2D eigenvalue weighted by atomic mass is 9.97. The van der Waals surface area contributed by atoms with Crippen LogP contribution in [0.3, 0.4) is 0 Å². The number of benzene rings is 1. The lowest BCUT2D eigenvalue weighted by molar-refractivity contribution is -0.122. The molecule has 2 atom stereocenters. The third kappa shape index (κ3) is 3.27. The molecule has 21 heavy (non-hydrogen) atoms. The summed E-state index contributed by atoms with van der Waals surface area (Å²) in [5.74, 6) is 1.25. The maximum absolute atomic E-state index is 12.2. The smallest absolute Gasteiger partial charge is 0.220 e. The second kappa shape index (κ2) is 6.04. The minimum atomic E-state index is 0.0771. The highest BCUT2D eigenvalue weighted by atomic mass is 16.3. The zero-order valence-corrected chi connectivity index (χ0v) is 12.1. The van der Waals surface area contributed by atoms with Gasteiger partial charge < -0.3 is 15.1 Å². The maximum atomic E-state index is 12.2.